The molecule has 1 aromatic rings. The maximum Gasteiger partial charge on any atom is 0.321 e. The second kappa shape index (κ2) is 5.89. The van der Waals surface area contributed by atoms with Crippen molar-refractivity contribution in [3.8, 4) is 0 Å². The fourth-order valence-corrected chi connectivity index (χ4v) is 2.63. The number of hydrogen-bond donors (Lipinski definition) is 2. The molecule has 0 spiro atoms. The fourth-order valence-electron chi connectivity index (χ4n) is 1.44. The summed E-state index contributed by atoms with van der Waals surface area (Å²) in [6.45, 7) is 0. The number of benzene rings is 1. The molecule has 1 aliphatic rings. The highest BCUT2D eigenvalue weighted by molar-refractivity contribution is 9.10. The van der Waals surface area contributed by atoms with E-state index in [9.17, 15) is 4.79 Å². The Labute approximate surface area is 113 Å². The van der Waals surface area contributed by atoms with Crippen LogP contribution in [0.3, 0.4) is 0 Å². The summed E-state index contributed by atoms with van der Waals surface area (Å²) in [6, 6.07) is 7.88. The summed E-state index contributed by atoms with van der Waals surface area (Å²) >= 11 is 4.95. The number of hydrogen-bond acceptors (Lipinski definition) is 3. The first-order valence-electron chi connectivity index (χ1n) is 5.52. The van der Waals surface area contributed by atoms with Crippen molar-refractivity contribution in [2.75, 3.05) is 5.75 Å². The summed E-state index contributed by atoms with van der Waals surface area (Å²) in [5, 5.41) is 12.2. The highest BCUT2D eigenvalue weighted by Gasteiger charge is 2.28. The molecule has 1 atom stereocenters. The van der Waals surface area contributed by atoms with Crippen LogP contribution in [0.4, 0.5) is 0 Å². The SMILES string of the molecule is O=C(O)C(CSc1ccc(Br)cc1)NC1CC1. The summed E-state index contributed by atoms with van der Waals surface area (Å²) in [7, 11) is 0. The molecular weight excluding hydrogens is 302 g/mol. The van der Waals surface area contributed by atoms with E-state index >= 15 is 0 Å². The first-order chi connectivity index (χ1) is 8.15. The van der Waals surface area contributed by atoms with E-state index in [4.69, 9.17) is 5.11 Å². The molecule has 1 unspecified atom stereocenters. The second-order valence-electron chi connectivity index (χ2n) is 4.10. The lowest BCUT2D eigenvalue weighted by Gasteiger charge is -2.13. The lowest BCUT2D eigenvalue weighted by molar-refractivity contribution is -0.138. The molecule has 1 saturated carbocycles. The Balaban J connectivity index is 1.85. The van der Waals surface area contributed by atoms with E-state index in [0.717, 1.165) is 22.2 Å². The number of carboxylic acid groups (broad SMARTS) is 1. The van der Waals surface area contributed by atoms with Gasteiger partial charge in [-0.1, -0.05) is 15.9 Å². The third-order valence-corrected chi connectivity index (χ3v) is 4.18. The molecule has 2 rings (SSSR count). The Morgan fingerprint density at radius 3 is 2.65 bits per heavy atom. The van der Waals surface area contributed by atoms with Crippen LogP contribution in [0, 0.1) is 0 Å². The van der Waals surface area contributed by atoms with Crippen molar-refractivity contribution in [3.05, 3.63) is 28.7 Å². The van der Waals surface area contributed by atoms with Crippen molar-refractivity contribution in [1.29, 1.82) is 0 Å². The van der Waals surface area contributed by atoms with Crippen LogP contribution in [0.1, 0.15) is 12.8 Å². The van der Waals surface area contributed by atoms with Crippen molar-refractivity contribution in [1.82, 2.24) is 5.32 Å². The zero-order valence-corrected chi connectivity index (χ0v) is 11.6. The lowest BCUT2D eigenvalue weighted by atomic mass is 10.3. The number of nitrogens with one attached hydrogen (secondary N) is 1. The first-order valence-corrected chi connectivity index (χ1v) is 7.30. The number of carbonyl (C=O) groups is 1. The number of carboxylic acids is 1. The van der Waals surface area contributed by atoms with Crippen molar-refractivity contribution in [2.45, 2.75) is 29.8 Å². The Hall–Kier alpha value is -0.520. The molecule has 92 valence electrons. The highest BCUT2D eigenvalue weighted by Crippen LogP contribution is 2.24. The van der Waals surface area contributed by atoms with E-state index in [2.05, 4.69) is 21.2 Å². The van der Waals surface area contributed by atoms with Crippen molar-refractivity contribution in [2.24, 2.45) is 0 Å². The molecule has 0 saturated heterocycles. The van der Waals surface area contributed by atoms with Gasteiger partial charge in [0.15, 0.2) is 0 Å². The van der Waals surface area contributed by atoms with Gasteiger partial charge in [0.1, 0.15) is 6.04 Å². The highest BCUT2D eigenvalue weighted by atomic mass is 79.9. The number of thioether (sulfide) groups is 1. The standard InChI is InChI=1S/C12H14BrNO2S/c13-8-1-5-10(6-2-8)17-7-11(12(15)16)14-9-3-4-9/h1-2,5-6,9,11,14H,3-4,7H2,(H,15,16). The molecule has 17 heavy (non-hydrogen) atoms. The summed E-state index contributed by atoms with van der Waals surface area (Å²) in [5.74, 6) is -0.200. The minimum absolute atomic E-state index is 0.418. The third-order valence-electron chi connectivity index (χ3n) is 2.54. The van der Waals surface area contributed by atoms with Gasteiger partial charge in [0.2, 0.25) is 0 Å². The van der Waals surface area contributed by atoms with E-state index in [1.807, 2.05) is 24.3 Å². The van der Waals surface area contributed by atoms with Gasteiger partial charge in [-0.3, -0.25) is 4.79 Å². The van der Waals surface area contributed by atoms with Gasteiger partial charge in [0.05, 0.1) is 0 Å². The normalized spacial score (nSPS) is 16.8. The maximum atomic E-state index is 11.1. The minimum Gasteiger partial charge on any atom is -0.480 e. The van der Waals surface area contributed by atoms with Crippen LogP contribution in [0.2, 0.25) is 0 Å². The summed E-state index contributed by atoms with van der Waals surface area (Å²) in [6.07, 6.45) is 2.21. The molecule has 0 heterocycles. The average molecular weight is 316 g/mol. The summed E-state index contributed by atoms with van der Waals surface area (Å²) in [5.41, 5.74) is 0. The van der Waals surface area contributed by atoms with Gasteiger partial charge >= 0.3 is 5.97 Å². The summed E-state index contributed by atoms with van der Waals surface area (Å²) < 4.78 is 1.03. The quantitative estimate of drug-likeness (QED) is 0.793. The molecule has 0 bridgehead atoms. The fraction of sp³-hybridized carbons (Fsp3) is 0.417. The second-order valence-corrected chi connectivity index (χ2v) is 6.11. The van der Waals surface area contributed by atoms with Gasteiger partial charge in [0.25, 0.3) is 0 Å². The molecule has 5 heteroatoms. The van der Waals surface area contributed by atoms with Crippen LogP contribution in [0.15, 0.2) is 33.6 Å². The largest absolute Gasteiger partial charge is 0.480 e. The molecule has 1 aliphatic carbocycles. The number of rotatable bonds is 6. The Kier molecular flexibility index (Phi) is 4.48. The van der Waals surface area contributed by atoms with Crippen LogP contribution < -0.4 is 5.32 Å². The monoisotopic (exact) mass is 315 g/mol. The first kappa shape index (κ1) is 12.9. The van der Waals surface area contributed by atoms with E-state index in [1.165, 1.54) is 0 Å². The molecule has 0 aliphatic heterocycles. The molecular formula is C12H14BrNO2S. The van der Waals surface area contributed by atoms with Crippen molar-refractivity contribution >= 4 is 33.7 Å². The molecule has 2 N–H and O–H groups in total. The van der Waals surface area contributed by atoms with E-state index in [1.54, 1.807) is 11.8 Å². The van der Waals surface area contributed by atoms with E-state index in [-0.39, 0.29) is 0 Å². The van der Waals surface area contributed by atoms with Gasteiger partial charge in [-0.2, -0.15) is 0 Å². The lowest BCUT2D eigenvalue weighted by Crippen LogP contribution is -2.40. The Morgan fingerprint density at radius 1 is 1.47 bits per heavy atom. The average Bonchev–Trinajstić information content (AvgIpc) is 3.10. The van der Waals surface area contributed by atoms with Gasteiger partial charge in [-0.25, -0.2) is 0 Å². The molecule has 3 nitrogen and oxygen atoms in total. The van der Waals surface area contributed by atoms with Crippen LogP contribution in [0.5, 0.6) is 0 Å². The molecule has 0 amide bonds. The zero-order valence-electron chi connectivity index (χ0n) is 9.23. The number of halogens is 1. The summed E-state index contributed by atoms with van der Waals surface area (Å²) in [4.78, 5) is 12.1. The molecule has 0 radical (unpaired) electrons. The maximum absolute atomic E-state index is 11.1. The molecule has 1 aromatic carbocycles. The van der Waals surface area contributed by atoms with Gasteiger partial charge < -0.3 is 10.4 Å². The van der Waals surface area contributed by atoms with E-state index < -0.39 is 12.0 Å². The van der Waals surface area contributed by atoms with E-state index in [0.29, 0.717) is 11.8 Å². The Morgan fingerprint density at radius 2 is 2.12 bits per heavy atom. The van der Waals surface area contributed by atoms with Crippen LogP contribution in [-0.4, -0.2) is 28.9 Å². The van der Waals surface area contributed by atoms with Gasteiger partial charge in [0, 0.05) is 21.2 Å². The van der Waals surface area contributed by atoms with Crippen LogP contribution in [-0.2, 0) is 4.79 Å². The minimum atomic E-state index is -0.762. The predicted octanol–water partition coefficient (Wildman–Crippen LogP) is 2.75. The topological polar surface area (TPSA) is 49.3 Å². The Bertz CT molecular complexity index is 392. The van der Waals surface area contributed by atoms with Crippen LogP contribution >= 0.6 is 27.7 Å². The third kappa shape index (κ3) is 4.33. The smallest absolute Gasteiger partial charge is 0.321 e. The predicted molar refractivity (Wildman–Crippen MR) is 72.4 cm³/mol. The van der Waals surface area contributed by atoms with Crippen LogP contribution in [0.25, 0.3) is 0 Å². The van der Waals surface area contributed by atoms with Crippen molar-refractivity contribution < 1.29 is 9.90 Å². The van der Waals surface area contributed by atoms with Crippen molar-refractivity contribution in [3.63, 3.8) is 0 Å². The van der Waals surface area contributed by atoms with Gasteiger partial charge in [-0.15, -0.1) is 11.8 Å². The molecule has 0 aromatic heterocycles. The number of aliphatic carboxylic acids is 1. The van der Waals surface area contributed by atoms with Gasteiger partial charge in [-0.05, 0) is 37.1 Å². The molecule has 1 fully saturated rings. The zero-order chi connectivity index (χ0) is 12.3.